The maximum atomic E-state index is 10.8. The Morgan fingerprint density at radius 3 is 3.05 bits per heavy atom. The minimum atomic E-state index is -1.02. The highest BCUT2D eigenvalue weighted by atomic mass is 16.4. The van der Waals surface area contributed by atoms with Crippen LogP contribution in [0.4, 0.5) is 11.5 Å². The number of hydrogen-bond donors (Lipinski definition) is 3. The lowest BCUT2D eigenvalue weighted by atomic mass is 10.0. The van der Waals surface area contributed by atoms with Crippen molar-refractivity contribution in [3.8, 4) is 0 Å². The standard InChI is InChI=1S/C13H20N4O2/c1-17-5-3-2-4-10(17)8-16-12-11(14)6-9(7-15-12)13(18)19/h6-7,10H,2-5,8,14H2,1H3,(H,15,16)(H,18,19). The Hall–Kier alpha value is -1.82. The number of pyridine rings is 1. The highest BCUT2D eigenvalue weighted by Crippen LogP contribution is 2.19. The van der Waals surface area contributed by atoms with Crippen LogP contribution < -0.4 is 11.1 Å². The van der Waals surface area contributed by atoms with Gasteiger partial charge in [0, 0.05) is 18.8 Å². The van der Waals surface area contributed by atoms with Gasteiger partial charge >= 0.3 is 5.97 Å². The van der Waals surface area contributed by atoms with Crippen molar-refractivity contribution in [1.82, 2.24) is 9.88 Å². The smallest absolute Gasteiger partial charge is 0.337 e. The number of nitrogens with two attached hydrogens (primary N) is 1. The fraction of sp³-hybridized carbons (Fsp3) is 0.538. The third-order valence-electron chi connectivity index (χ3n) is 3.59. The summed E-state index contributed by atoms with van der Waals surface area (Å²) >= 11 is 0. The first kappa shape index (κ1) is 13.6. The highest BCUT2D eigenvalue weighted by molar-refractivity contribution is 5.89. The first-order chi connectivity index (χ1) is 9.08. The lowest BCUT2D eigenvalue weighted by Gasteiger charge is -2.32. The van der Waals surface area contributed by atoms with Crippen LogP contribution in [0.5, 0.6) is 0 Å². The molecule has 1 fully saturated rings. The van der Waals surface area contributed by atoms with Crippen molar-refractivity contribution in [3.63, 3.8) is 0 Å². The molecule has 1 atom stereocenters. The van der Waals surface area contributed by atoms with E-state index in [1.165, 1.54) is 25.1 Å². The molecule has 0 aromatic carbocycles. The Morgan fingerprint density at radius 1 is 1.63 bits per heavy atom. The molecule has 1 aliphatic heterocycles. The van der Waals surface area contributed by atoms with Crippen LogP contribution in [-0.2, 0) is 0 Å². The van der Waals surface area contributed by atoms with Crippen LogP contribution >= 0.6 is 0 Å². The number of rotatable bonds is 4. The number of aromatic nitrogens is 1. The van der Waals surface area contributed by atoms with Crippen LogP contribution in [0.1, 0.15) is 29.6 Å². The number of anilines is 2. The summed E-state index contributed by atoms with van der Waals surface area (Å²) in [4.78, 5) is 17.2. The zero-order chi connectivity index (χ0) is 13.8. The van der Waals surface area contributed by atoms with E-state index in [0.717, 1.165) is 19.5 Å². The maximum Gasteiger partial charge on any atom is 0.337 e. The van der Waals surface area contributed by atoms with E-state index < -0.39 is 5.97 Å². The molecule has 0 saturated carbocycles. The second-order valence-electron chi connectivity index (χ2n) is 4.98. The summed E-state index contributed by atoms with van der Waals surface area (Å²) < 4.78 is 0. The highest BCUT2D eigenvalue weighted by Gasteiger charge is 2.19. The molecule has 1 aromatic heterocycles. The number of carbonyl (C=O) groups is 1. The lowest BCUT2D eigenvalue weighted by Crippen LogP contribution is -2.40. The van der Waals surface area contributed by atoms with Gasteiger partial charge in [0.1, 0.15) is 5.82 Å². The van der Waals surface area contributed by atoms with Gasteiger partial charge in [-0.2, -0.15) is 0 Å². The summed E-state index contributed by atoms with van der Waals surface area (Å²) in [5.41, 5.74) is 6.29. The third-order valence-corrected chi connectivity index (χ3v) is 3.59. The second-order valence-corrected chi connectivity index (χ2v) is 4.98. The Labute approximate surface area is 112 Å². The lowest BCUT2D eigenvalue weighted by molar-refractivity contribution is 0.0696. The number of carboxylic acid groups (broad SMARTS) is 1. The molecule has 1 aromatic rings. The van der Waals surface area contributed by atoms with Gasteiger partial charge in [-0.1, -0.05) is 6.42 Å². The van der Waals surface area contributed by atoms with Crippen molar-refractivity contribution >= 4 is 17.5 Å². The first-order valence-electron chi connectivity index (χ1n) is 6.51. The van der Waals surface area contributed by atoms with E-state index in [0.29, 0.717) is 17.5 Å². The molecule has 0 radical (unpaired) electrons. The molecule has 19 heavy (non-hydrogen) atoms. The minimum absolute atomic E-state index is 0.109. The van der Waals surface area contributed by atoms with Crippen LogP contribution in [0, 0.1) is 0 Å². The summed E-state index contributed by atoms with van der Waals surface area (Å²) in [5.74, 6) is -0.457. The van der Waals surface area contributed by atoms with Crippen LogP contribution in [0.15, 0.2) is 12.3 Å². The molecule has 4 N–H and O–H groups in total. The molecule has 104 valence electrons. The molecule has 6 heteroatoms. The molecule has 0 spiro atoms. The molecule has 0 bridgehead atoms. The zero-order valence-electron chi connectivity index (χ0n) is 11.1. The SMILES string of the molecule is CN1CCCCC1CNc1ncc(C(=O)O)cc1N. The van der Waals surface area contributed by atoms with Gasteiger partial charge in [-0.15, -0.1) is 0 Å². The number of likely N-dealkylation sites (tertiary alicyclic amines) is 1. The number of nitrogens with zero attached hydrogens (tertiary/aromatic N) is 2. The fourth-order valence-corrected chi connectivity index (χ4v) is 2.36. The number of nitrogen functional groups attached to an aromatic ring is 1. The van der Waals surface area contributed by atoms with Gasteiger partial charge in [0.2, 0.25) is 0 Å². The van der Waals surface area contributed by atoms with E-state index >= 15 is 0 Å². The maximum absolute atomic E-state index is 10.8. The first-order valence-corrected chi connectivity index (χ1v) is 6.51. The molecule has 0 aliphatic carbocycles. The Morgan fingerprint density at radius 2 is 2.42 bits per heavy atom. The van der Waals surface area contributed by atoms with Crippen LogP contribution in [0.2, 0.25) is 0 Å². The molecule has 2 rings (SSSR count). The number of hydrogen-bond acceptors (Lipinski definition) is 5. The summed E-state index contributed by atoms with van der Waals surface area (Å²) in [7, 11) is 2.12. The normalized spacial score (nSPS) is 20.2. The zero-order valence-corrected chi connectivity index (χ0v) is 11.1. The quantitative estimate of drug-likeness (QED) is 0.758. The molecular weight excluding hydrogens is 244 g/mol. The predicted molar refractivity (Wildman–Crippen MR) is 74.4 cm³/mol. The van der Waals surface area contributed by atoms with Gasteiger partial charge in [0.05, 0.1) is 11.3 Å². The predicted octanol–water partition coefficient (Wildman–Crippen LogP) is 1.26. The monoisotopic (exact) mass is 264 g/mol. The van der Waals surface area contributed by atoms with Crippen LogP contribution in [0.25, 0.3) is 0 Å². The molecule has 1 saturated heterocycles. The van der Waals surface area contributed by atoms with Crippen LogP contribution in [0.3, 0.4) is 0 Å². The van der Waals surface area contributed by atoms with Gasteiger partial charge in [0.15, 0.2) is 0 Å². The van der Waals surface area contributed by atoms with Gasteiger partial charge in [-0.25, -0.2) is 9.78 Å². The van der Waals surface area contributed by atoms with Crippen LogP contribution in [-0.4, -0.2) is 47.1 Å². The van der Waals surface area contributed by atoms with E-state index in [2.05, 4.69) is 22.2 Å². The van der Waals surface area contributed by atoms with E-state index in [1.54, 1.807) is 0 Å². The number of nitrogens with one attached hydrogen (secondary N) is 1. The molecule has 1 aliphatic rings. The average molecular weight is 264 g/mol. The number of likely N-dealkylation sites (N-methyl/N-ethyl adjacent to an activating group) is 1. The number of aromatic carboxylic acids is 1. The van der Waals surface area contributed by atoms with E-state index in [-0.39, 0.29) is 5.56 Å². The summed E-state index contributed by atoms with van der Waals surface area (Å²) in [5, 5.41) is 12.1. The molecular formula is C13H20N4O2. The topological polar surface area (TPSA) is 91.5 Å². The van der Waals surface area contributed by atoms with Crippen molar-refractivity contribution in [1.29, 1.82) is 0 Å². The van der Waals surface area contributed by atoms with E-state index in [4.69, 9.17) is 10.8 Å². The van der Waals surface area contributed by atoms with Crippen molar-refractivity contribution in [2.45, 2.75) is 25.3 Å². The number of carboxylic acids is 1. The Balaban J connectivity index is 1.97. The molecule has 2 heterocycles. The largest absolute Gasteiger partial charge is 0.478 e. The van der Waals surface area contributed by atoms with Gasteiger partial charge < -0.3 is 21.1 Å². The summed E-state index contributed by atoms with van der Waals surface area (Å²) in [6.45, 7) is 1.90. The van der Waals surface area contributed by atoms with Crippen molar-refractivity contribution in [2.75, 3.05) is 31.2 Å². The number of piperidine rings is 1. The van der Waals surface area contributed by atoms with E-state index in [1.807, 2.05) is 0 Å². The average Bonchev–Trinajstić information content (AvgIpc) is 2.39. The molecule has 0 amide bonds. The Kier molecular flexibility index (Phi) is 4.21. The van der Waals surface area contributed by atoms with Crippen molar-refractivity contribution < 1.29 is 9.90 Å². The van der Waals surface area contributed by atoms with Gasteiger partial charge in [-0.05, 0) is 32.5 Å². The van der Waals surface area contributed by atoms with Crippen molar-refractivity contribution in [3.05, 3.63) is 17.8 Å². The van der Waals surface area contributed by atoms with Gasteiger partial charge in [0.25, 0.3) is 0 Å². The minimum Gasteiger partial charge on any atom is -0.478 e. The third kappa shape index (κ3) is 3.35. The second kappa shape index (κ2) is 5.88. The fourth-order valence-electron chi connectivity index (χ4n) is 2.36. The van der Waals surface area contributed by atoms with E-state index in [9.17, 15) is 4.79 Å². The summed E-state index contributed by atoms with van der Waals surface area (Å²) in [6.07, 6.45) is 4.99. The summed E-state index contributed by atoms with van der Waals surface area (Å²) in [6, 6.07) is 1.91. The van der Waals surface area contributed by atoms with Gasteiger partial charge in [-0.3, -0.25) is 0 Å². The van der Waals surface area contributed by atoms with Crippen molar-refractivity contribution in [2.24, 2.45) is 0 Å². The molecule has 1 unspecified atom stereocenters. The molecule has 6 nitrogen and oxygen atoms in total. The Bertz CT molecular complexity index is 464.